The zero-order chi connectivity index (χ0) is 17.4. The van der Waals surface area contributed by atoms with Crippen LogP contribution in [0.4, 0.5) is 0 Å². The highest BCUT2D eigenvalue weighted by Gasteiger charge is 2.28. The van der Waals surface area contributed by atoms with Crippen LogP contribution in [0, 0.1) is 6.92 Å². The van der Waals surface area contributed by atoms with Crippen molar-refractivity contribution in [3.63, 3.8) is 0 Å². The second kappa shape index (κ2) is 10.9. The van der Waals surface area contributed by atoms with Gasteiger partial charge in [-0.05, 0) is 39.8 Å². The van der Waals surface area contributed by atoms with Gasteiger partial charge in [-0.1, -0.05) is 6.07 Å². The lowest BCUT2D eigenvalue weighted by Crippen LogP contribution is -2.56. The third-order valence-electron chi connectivity index (χ3n) is 4.24. The van der Waals surface area contributed by atoms with E-state index in [1.54, 1.807) is 0 Å². The fourth-order valence-corrected chi connectivity index (χ4v) is 2.77. The van der Waals surface area contributed by atoms with Gasteiger partial charge in [0.2, 0.25) is 0 Å². The number of hydrogen-bond acceptors (Lipinski definition) is 4. The van der Waals surface area contributed by atoms with Gasteiger partial charge in [-0.2, -0.15) is 0 Å². The Labute approximate surface area is 168 Å². The standard InChI is InChI=1S/C18H31N5O.HI/c1-5-19-17(20-13-16-8-6-7-15(2)22-16)21-14-18(3,4)23-9-11-24-12-10-23;/h6-8H,5,9-14H2,1-4H3,(H2,19,20,21);1H. The van der Waals surface area contributed by atoms with Crippen LogP contribution in [0.3, 0.4) is 0 Å². The topological polar surface area (TPSA) is 61.8 Å². The molecule has 1 aliphatic heterocycles. The first kappa shape index (κ1) is 22.1. The zero-order valence-electron chi connectivity index (χ0n) is 15.8. The second-order valence-corrected chi connectivity index (χ2v) is 6.73. The van der Waals surface area contributed by atoms with Gasteiger partial charge in [0, 0.05) is 37.4 Å². The summed E-state index contributed by atoms with van der Waals surface area (Å²) in [6, 6.07) is 6.04. The van der Waals surface area contributed by atoms with E-state index in [2.05, 4.69) is 46.3 Å². The summed E-state index contributed by atoms with van der Waals surface area (Å²) in [6.07, 6.45) is 0. The summed E-state index contributed by atoms with van der Waals surface area (Å²) in [5.41, 5.74) is 2.07. The molecule has 0 atom stereocenters. The van der Waals surface area contributed by atoms with Crippen LogP contribution >= 0.6 is 24.0 Å². The molecular weight excluding hydrogens is 429 g/mol. The molecule has 2 N–H and O–H groups in total. The molecule has 2 heterocycles. The van der Waals surface area contributed by atoms with Crippen LogP contribution in [0.2, 0.25) is 0 Å². The largest absolute Gasteiger partial charge is 0.379 e. The van der Waals surface area contributed by atoms with Crippen molar-refractivity contribution in [2.75, 3.05) is 39.4 Å². The van der Waals surface area contributed by atoms with E-state index >= 15 is 0 Å². The molecule has 0 amide bonds. The average Bonchev–Trinajstić information content (AvgIpc) is 2.58. The third kappa shape index (κ3) is 7.45. The molecule has 1 aliphatic rings. The van der Waals surface area contributed by atoms with Gasteiger partial charge in [0.15, 0.2) is 5.96 Å². The molecule has 7 heteroatoms. The molecule has 0 spiro atoms. The minimum Gasteiger partial charge on any atom is -0.379 e. The van der Waals surface area contributed by atoms with Crippen molar-refractivity contribution in [3.05, 3.63) is 29.6 Å². The number of ether oxygens (including phenoxy) is 1. The predicted octanol–water partition coefficient (Wildman–Crippen LogP) is 2.17. The molecule has 0 aliphatic carbocycles. The van der Waals surface area contributed by atoms with E-state index in [4.69, 9.17) is 4.74 Å². The molecule has 0 bridgehead atoms. The first-order valence-electron chi connectivity index (χ1n) is 8.79. The molecule has 0 radical (unpaired) electrons. The average molecular weight is 461 g/mol. The molecule has 1 fully saturated rings. The first-order chi connectivity index (χ1) is 11.5. The predicted molar refractivity (Wildman–Crippen MR) is 114 cm³/mol. The zero-order valence-corrected chi connectivity index (χ0v) is 18.2. The number of hydrogen-bond donors (Lipinski definition) is 2. The quantitative estimate of drug-likeness (QED) is 0.387. The maximum Gasteiger partial charge on any atom is 0.191 e. The number of aliphatic imine (C=N–C) groups is 1. The van der Waals surface area contributed by atoms with Crippen LogP contribution in [0.25, 0.3) is 0 Å². The van der Waals surface area contributed by atoms with E-state index < -0.39 is 0 Å². The van der Waals surface area contributed by atoms with Gasteiger partial charge in [-0.3, -0.25) is 9.88 Å². The van der Waals surface area contributed by atoms with E-state index in [1.807, 2.05) is 25.1 Å². The number of aryl methyl sites for hydroxylation is 1. The summed E-state index contributed by atoms with van der Waals surface area (Å²) in [4.78, 5) is 11.6. The number of halogens is 1. The highest BCUT2D eigenvalue weighted by atomic mass is 127. The van der Waals surface area contributed by atoms with Gasteiger partial charge >= 0.3 is 0 Å². The Kier molecular flexibility index (Phi) is 9.66. The molecular formula is C18H32IN5O. The molecule has 25 heavy (non-hydrogen) atoms. The van der Waals surface area contributed by atoms with Gasteiger partial charge in [-0.25, -0.2) is 4.99 Å². The molecule has 142 valence electrons. The lowest BCUT2D eigenvalue weighted by atomic mass is 10.0. The van der Waals surface area contributed by atoms with Crippen LogP contribution in [0.5, 0.6) is 0 Å². The number of aromatic nitrogens is 1. The van der Waals surface area contributed by atoms with Crippen LogP contribution in [0.15, 0.2) is 23.2 Å². The minimum atomic E-state index is 0. The summed E-state index contributed by atoms with van der Waals surface area (Å²) in [6.45, 7) is 14.4. The molecule has 0 aromatic carbocycles. The van der Waals surface area contributed by atoms with E-state index in [0.29, 0.717) is 6.54 Å². The maximum absolute atomic E-state index is 5.45. The van der Waals surface area contributed by atoms with Crippen LogP contribution in [-0.4, -0.2) is 60.8 Å². The van der Waals surface area contributed by atoms with Crippen LogP contribution in [-0.2, 0) is 11.3 Å². The molecule has 1 aromatic heterocycles. The van der Waals surface area contributed by atoms with Gasteiger partial charge in [0.25, 0.3) is 0 Å². The van der Waals surface area contributed by atoms with E-state index in [0.717, 1.165) is 56.7 Å². The lowest BCUT2D eigenvalue weighted by molar-refractivity contribution is -0.00834. The van der Waals surface area contributed by atoms with Gasteiger partial charge < -0.3 is 15.4 Å². The van der Waals surface area contributed by atoms with Crippen molar-refractivity contribution in [2.24, 2.45) is 4.99 Å². The summed E-state index contributed by atoms with van der Waals surface area (Å²) < 4.78 is 5.45. The Morgan fingerprint density at radius 1 is 1.28 bits per heavy atom. The van der Waals surface area contributed by atoms with E-state index in [1.165, 1.54) is 0 Å². The Morgan fingerprint density at radius 3 is 2.64 bits per heavy atom. The van der Waals surface area contributed by atoms with E-state index in [9.17, 15) is 0 Å². The number of morpholine rings is 1. The first-order valence-corrected chi connectivity index (χ1v) is 8.79. The molecule has 6 nitrogen and oxygen atoms in total. The van der Waals surface area contributed by atoms with Crippen LogP contribution in [0.1, 0.15) is 32.2 Å². The fraction of sp³-hybridized carbons (Fsp3) is 0.667. The molecule has 1 saturated heterocycles. The normalized spacial score (nSPS) is 16.2. The lowest BCUT2D eigenvalue weighted by Gasteiger charge is -2.41. The number of pyridine rings is 1. The highest BCUT2D eigenvalue weighted by Crippen LogP contribution is 2.15. The van der Waals surface area contributed by atoms with E-state index in [-0.39, 0.29) is 29.5 Å². The number of nitrogens with one attached hydrogen (secondary N) is 2. The molecule has 2 rings (SSSR count). The maximum atomic E-state index is 5.45. The van der Waals surface area contributed by atoms with Gasteiger partial charge in [0.05, 0.1) is 25.5 Å². The molecule has 0 saturated carbocycles. The number of nitrogens with zero attached hydrogens (tertiary/aromatic N) is 3. The molecule has 1 aromatic rings. The van der Waals surface area contributed by atoms with Crippen molar-refractivity contribution < 1.29 is 4.74 Å². The summed E-state index contributed by atoms with van der Waals surface area (Å²) in [5, 5.41) is 6.78. The second-order valence-electron chi connectivity index (χ2n) is 6.73. The van der Waals surface area contributed by atoms with Gasteiger partial charge in [-0.15, -0.1) is 24.0 Å². The Balaban J connectivity index is 0.00000312. The third-order valence-corrected chi connectivity index (χ3v) is 4.24. The van der Waals surface area contributed by atoms with Crippen LogP contribution < -0.4 is 10.6 Å². The Morgan fingerprint density at radius 2 is 2.00 bits per heavy atom. The van der Waals surface area contributed by atoms with Gasteiger partial charge in [0.1, 0.15) is 0 Å². The summed E-state index contributed by atoms with van der Waals surface area (Å²) >= 11 is 0. The summed E-state index contributed by atoms with van der Waals surface area (Å²) in [7, 11) is 0. The van der Waals surface area contributed by atoms with Crippen molar-refractivity contribution in [1.82, 2.24) is 20.5 Å². The number of guanidine groups is 1. The SMILES string of the molecule is CCNC(=NCc1cccc(C)n1)NCC(C)(C)N1CCOCC1.I. The fourth-order valence-electron chi connectivity index (χ4n) is 2.77. The Hall–Kier alpha value is -0.930. The molecule has 0 unspecified atom stereocenters. The monoisotopic (exact) mass is 461 g/mol. The van der Waals surface area contributed by atoms with Crippen molar-refractivity contribution in [1.29, 1.82) is 0 Å². The smallest absolute Gasteiger partial charge is 0.191 e. The number of rotatable bonds is 6. The van der Waals surface area contributed by atoms with Crippen molar-refractivity contribution >= 4 is 29.9 Å². The Bertz CT molecular complexity index is 544. The highest BCUT2D eigenvalue weighted by molar-refractivity contribution is 14.0. The van der Waals surface area contributed by atoms with Crippen molar-refractivity contribution in [2.45, 2.75) is 39.8 Å². The minimum absolute atomic E-state index is 0. The van der Waals surface area contributed by atoms with Crippen molar-refractivity contribution in [3.8, 4) is 0 Å². The summed E-state index contributed by atoms with van der Waals surface area (Å²) in [5.74, 6) is 0.835.